The molecular weight excluding hydrogens is 472 g/mol. The van der Waals surface area contributed by atoms with Gasteiger partial charge in [0.2, 0.25) is 0 Å². The van der Waals surface area contributed by atoms with Crippen molar-refractivity contribution in [3.63, 3.8) is 0 Å². The number of carbonyl (C=O) groups excluding carboxylic acids is 2. The van der Waals surface area contributed by atoms with Gasteiger partial charge in [0.1, 0.15) is 11.4 Å². The second-order valence-electron chi connectivity index (χ2n) is 14.8. The Morgan fingerprint density at radius 2 is 1.59 bits per heavy atom. The number of ketones is 2. The van der Waals surface area contributed by atoms with Crippen molar-refractivity contribution in [3.8, 4) is 0 Å². The maximum Gasteiger partial charge on any atom is 0.164 e. The van der Waals surface area contributed by atoms with Crippen LogP contribution in [-0.4, -0.2) is 66.6 Å². The van der Waals surface area contributed by atoms with Gasteiger partial charge in [-0.05, 0) is 69.1 Å². The predicted octanol–water partition coefficient (Wildman–Crippen LogP) is 2.94. The highest BCUT2D eigenvalue weighted by molar-refractivity contribution is 5.90. The Balaban J connectivity index is 1.76. The van der Waals surface area contributed by atoms with Gasteiger partial charge < -0.3 is 25.5 Å². The van der Waals surface area contributed by atoms with Gasteiger partial charge in [-0.2, -0.15) is 0 Å². The van der Waals surface area contributed by atoms with Crippen molar-refractivity contribution in [2.24, 2.45) is 39.4 Å². The lowest BCUT2D eigenvalue weighted by atomic mass is 9.38. The minimum atomic E-state index is -1.85. The third kappa shape index (κ3) is 3.86. The van der Waals surface area contributed by atoms with Crippen LogP contribution in [0.15, 0.2) is 11.6 Å². The average molecular weight is 521 g/mol. The summed E-state index contributed by atoms with van der Waals surface area (Å²) in [5.41, 5.74) is -4.71. The second kappa shape index (κ2) is 8.44. The van der Waals surface area contributed by atoms with E-state index in [4.69, 9.17) is 0 Å². The molecular formula is C30H48O7. The van der Waals surface area contributed by atoms with Crippen LogP contribution >= 0.6 is 0 Å². The molecule has 0 radical (unpaired) electrons. The molecule has 0 amide bonds. The van der Waals surface area contributed by atoms with E-state index in [1.165, 1.54) is 6.92 Å². The fraction of sp³-hybridized carbons (Fsp3) is 0.867. The van der Waals surface area contributed by atoms with Crippen LogP contribution in [-0.2, 0) is 9.59 Å². The lowest BCUT2D eigenvalue weighted by Gasteiger charge is -2.65. The molecule has 210 valence electrons. The highest BCUT2D eigenvalue weighted by Gasteiger charge is 2.74. The number of hydrogen-bond acceptors (Lipinski definition) is 7. The molecule has 0 spiro atoms. The van der Waals surface area contributed by atoms with Crippen LogP contribution in [0.1, 0.15) is 93.9 Å². The van der Waals surface area contributed by atoms with E-state index in [0.29, 0.717) is 19.3 Å². The van der Waals surface area contributed by atoms with E-state index in [1.54, 1.807) is 13.8 Å². The van der Waals surface area contributed by atoms with E-state index in [9.17, 15) is 35.1 Å². The lowest BCUT2D eigenvalue weighted by molar-refractivity contribution is -0.188. The SMILES string of the molecule is CC(C)(O)CCC(=O)[C@](C)(O)C1C(O)C[C@@]2(C)C3CC=C4C(CC(O)C(O)C4(C)C)[C@]3(C)C(=O)C[C@]12C. The Kier molecular flexibility index (Phi) is 6.59. The third-order valence-electron chi connectivity index (χ3n) is 11.8. The van der Waals surface area contributed by atoms with Crippen molar-refractivity contribution >= 4 is 11.6 Å². The summed E-state index contributed by atoms with van der Waals surface area (Å²) < 4.78 is 0. The van der Waals surface area contributed by atoms with Crippen molar-refractivity contribution in [1.82, 2.24) is 0 Å². The molecule has 7 nitrogen and oxygen atoms in total. The summed E-state index contributed by atoms with van der Waals surface area (Å²) in [7, 11) is 0. The first-order chi connectivity index (χ1) is 16.7. The largest absolute Gasteiger partial charge is 0.393 e. The van der Waals surface area contributed by atoms with Gasteiger partial charge in [-0.15, -0.1) is 0 Å². The van der Waals surface area contributed by atoms with Crippen LogP contribution in [0.25, 0.3) is 0 Å². The molecule has 7 heteroatoms. The zero-order valence-electron chi connectivity index (χ0n) is 23.8. The monoisotopic (exact) mass is 520 g/mol. The highest BCUT2D eigenvalue weighted by atomic mass is 16.3. The van der Waals surface area contributed by atoms with Gasteiger partial charge >= 0.3 is 0 Å². The summed E-state index contributed by atoms with van der Waals surface area (Å²) in [4.78, 5) is 27.5. The molecule has 3 saturated carbocycles. The number of aliphatic hydroxyl groups excluding tert-OH is 3. The molecule has 3 fully saturated rings. The minimum absolute atomic E-state index is 0.0227. The molecule has 0 aromatic rings. The molecule has 0 aromatic carbocycles. The quantitative estimate of drug-likeness (QED) is 0.352. The molecule has 0 saturated heterocycles. The van der Waals surface area contributed by atoms with Crippen molar-refractivity contribution in [3.05, 3.63) is 11.6 Å². The van der Waals surface area contributed by atoms with Crippen LogP contribution in [0.5, 0.6) is 0 Å². The van der Waals surface area contributed by atoms with E-state index in [-0.39, 0.29) is 36.9 Å². The van der Waals surface area contributed by atoms with Crippen LogP contribution in [0.2, 0.25) is 0 Å². The Bertz CT molecular complexity index is 1010. The summed E-state index contributed by atoms with van der Waals surface area (Å²) >= 11 is 0. The van der Waals surface area contributed by atoms with Crippen LogP contribution in [0, 0.1) is 39.4 Å². The number of allylic oxidation sites excluding steroid dienone is 1. The fourth-order valence-electron chi connectivity index (χ4n) is 9.40. The zero-order chi connectivity index (χ0) is 28.1. The van der Waals surface area contributed by atoms with E-state index in [2.05, 4.69) is 13.0 Å². The summed E-state index contributed by atoms with van der Waals surface area (Å²) in [6.45, 7) is 14.6. The average Bonchev–Trinajstić information content (AvgIpc) is 2.96. The van der Waals surface area contributed by atoms with Crippen LogP contribution in [0.3, 0.4) is 0 Å². The zero-order valence-corrected chi connectivity index (χ0v) is 23.8. The Hall–Kier alpha value is -1.12. The summed E-state index contributed by atoms with van der Waals surface area (Å²) in [6, 6.07) is 0. The van der Waals surface area contributed by atoms with Gasteiger partial charge in [0.05, 0.1) is 23.9 Å². The molecule has 4 rings (SSSR count). The molecule has 0 bridgehead atoms. The summed E-state index contributed by atoms with van der Waals surface area (Å²) in [6.07, 6.45) is 0.895. The van der Waals surface area contributed by atoms with Gasteiger partial charge in [0.25, 0.3) is 0 Å². The Labute approximate surface area is 221 Å². The van der Waals surface area contributed by atoms with E-state index in [0.717, 1.165) is 5.57 Å². The first kappa shape index (κ1) is 28.9. The van der Waals surface area contributed by atoms with Gasteiger partial charge in [0, 0.05) is 29.6 Å². The maximum atomic E-state index is 14.2. The maximum absolute atomic E-state index is 14.2. The second-order valence-corrected chi connectivity index (χ2v) is 14.8. The van der Waals surface area contributed by atoms with Crippen molar-refractivity contribution < 1.29 is 35.1 Å². The van der Waals surface area contributed by atoms with E-state index >= 15 is 0 Å². The van der Waals surface area contributed by atoms with Crippen LogP contribution < -0.4 is 0 Å². The fourth-order valence-corrected chi connectivity index (χ4v) is 9.40. The number of Topliss-reactive ketones (excluding diaryl/α,β-unsaturated/α-hetero) is 2. The molecule has 0 heterocycles. The van der Waals surface area contributed by atoms with Gasteiger partial charge in [-0.1, -0.05) is 46.3 Å². The van der Waals surface area contributed by atoms with Crippen molar-refractivity contribution in [1.29, 1.82) is 0 Å². The molecule has 0 aromatic heterocycles. The molecule has 5 N–H and O–H groups in total. The third-order valence-corrected chi connectivity index (χ3v) is 11.8. The van der Waals surface area contributed by atoms with Crippen molar-refractivity contribution in [2.75, 3.05) is 0 Å². The van der Waals surface area contributed by atoms with Gasteiger partial charge in [0.15, 0.2) is 5.78 Å². The van der Waals surface area contributed by atoms with E-state index < -0.39 is 62.9 Å². The topological polar surface area (TPSA) is 135 Å². The molecule has 10 atom stereocenters. The first-order valence-electron chi connectivity index (χ1n) is 13.9. The Morgan fingerprint density at radius 3 is 2.16 bits per heavy atom. The number of carbonyl (C=O) groups is 2. The summed E-state index contributed by atoms with van der Waals surface area (Å²) in [5.74, 6) is -1.60. The predicted molar refractivity (Wildman–Crippen MR) is 139 cm³/mol. The molecule has 0 aliphatic heterocycles. The van der Waals surface area contributed by atoms with Crippen molar-refractivity contribution in [2.45, 2.75) is 123 Å². The number of fused-ring (bicyclic) bond motifs is 5. The lowest BCUT2D eigenvalue weighted by Crippen LogP contribution is -2.65. The van der Waals surface area contributed by atoms with E-state index in [1.807, 2.05) is 27.7 Å². The summed E-state index contributed by atoms with van der Waals surface area (Å²) in [5, 5.41) is 54.8. The minimum Gasteiger partial charge on any atom is -0.393 e. The standard InChI is InChI=1S/C30H48O7/c1-25(2,36)12-11-21(33)30(8,37)23-19(32)14-27(5)20-10-9-16-17(13-18(31)24(35)26(16,3)4)29(20,7)22(34)15-28(23,27)6/h9,17-20,23-24,31-32,35-37H,10-15H2,1-8H3/t17?,18?,19?,20?,23?,24?,27-,28+,29-,30-/m0/s1. The van der Waals surface area contributed by atoms with Crippen LogP contribution in [0.4, 0.5) is 0 Å². The van der Waals surface area contributed by atoms with Gasteiger partial charge in [-0.3, -0.25) is 9.59 Å². The number of aliphatic hydroxyl groups is 5. The Morgan fingerprint density at radius 1 is 1.00 bits per heavy atom. The first-order valence-corrected chi connectivity index (χ1v) is 13.9. The highest BCUT2D eigenvalue weighted by Crippen LogP contribution is 2.74. The molecule has 6 unspecified atom stereocenters. The smallest absolute Gasteiger partial charge is 0.164 e. The number of hydrogen-bond donors (Lipinski definition) is 5. The van der Waals surface area contributed by atoms with Gasteiger partial charge in [-0.25, -0.2) is 0 Å². The number of rotatable bonds is 5. The molecule has 4 aliphatic rings. The normalized spacial score (nSPS) is 46.8. The molecule has 37 heavy (non-hydrogen) atoms. The molecule has 4 aliphatic carbocycles.